The number of amides is 1. The molecule has 1 amide bonds. The van der Waals surface area contributed by atoms with Gasteiger partial charge in [-0.2, -0.15) is 0 Å². The zero-order valence-corrected chi connectivity index (χ0v) is 9.30. The summed E-state index contributed by atoms with van der Waals surface area (Å²) in [7, 11) is 0. The Hall–Kier alpha value is -0.0600. The van der Waals surface area contributed by atoms with Gasteiger partial charge in [0, 0.05) is 4.88 Å². The van der Waals surface area contributed by atoms with Crippen molar-refractivity contribution >= 4 is 44.8 Å². The second kappa shape index (κ2) is 4.84. The van der Waals surface area contributed by atoms with E-state index < -0.39 is 0 Å². The number of alkyl halides is 1. The summed E-state index contributed by atoms with van der Waals surface area (Å²) >= 11 is 10.2. The van der Waals surface area contributed by atoms with Gasteiger partial charge in [0.25, 0.3) is 0 Å². The highest BCUT2D eigenvalue weighted by atomic mass is 79.9. The van der Waals surface area contributed by atoms with Gasteiger partial charge in [0.05, 0.1) is 16.2 Å². The van der Waals surface area contributed by atoms with E-state index in [0.29, 0.717) is 11.9 Å². The van der Waals surface area contributed by atoms with E-state index in [-0.39, 0.29) is 5.91 Å². The first-order valence-electron chi connectivity index (χ1n) is 3.29. The van der Waals surface area contributed by atoms with Crippen LogP contribution in [0.1, 0.15) is 4.88 Å². The molecule has 0 aliphatic rings. The minimum absolute atomic E-state index is 0.0143. The van der Waals surface area contributed by atoms with Crippen LogP contribution in [0.4, 0.5) is 0 Å². The van der Waals surface area contributed by atoms with Gasteiger partial charge in [-0.1, -0.05) is 27.5 Å². The minimum Gasteiger partial charge on any atom is -0.350 e. The third-order valence-electron chi connectivity index (χ3n) is 1.21. The topological polar surface area (TPSA) is 29.1 Å². The van der Waals surface area contributed by atoms with Gasteiger partial charge in [0.2, 0.25) is 5.91 Å². The Kier molecular flexibility index (Phi) is 4.05. The van der Waals surface area contributed by atoms with Gasteiger partial charge >= 0.3 is 0 Å². The number of hydrogen-bond donors (Lipinski definition) is 1. The summed E-state index contributed by atoms with van der Waals surface area (Å²) in [4.78, 5) is 11.9. The standard InChI is InChI=1S/C7H7BrClNOS/c8-3-7(11)10-4-5-1-2-6(9)12-5/h1-2H,3-4H2,(H,10,11). The molecular formula is C7H7BrClNOS. The van der Waals surface area contributed by atoms with Crippen LogP contribution in [-0.2, 0) is 11.3 Å². The molecule has 2 nitrogen and oxygen atoms in total. The van der Waals surface area contributed by atoms with Gasteiger partial charge in [-0.3, -0.25) is 4.79 Å². The maximum Gasteiger partial charge on any atom is 0.230 e. The molecule has 1 N–H and O–H groups in total. The molecule has 66 valence electrons. The Bertz CT molecular complexity index is 276. The normalized spacial score (nSPS) is 9.83. The first kappa shape index (κ1) is 10.0. The molecule has 1 rings (SSSR count). The van der Waals surface area contributed by atoms with Crippen molar-refractivity contribution in [1.82, 2.24) is 5.32 Å². The van der Waals surface area contributed by atoms with Crippen LogP contribution in [0.5, 0.6) is 0 Å². The van der Waals surface area contributed by atoms with Crippen molar-refractivity contribution in [1.29, 1.82) is 0 Å². The lowest BCUT2D eigenvalue weighted by Crippen LogP contribution is -2.22. The van der Waals surface area contributed by atoms with Crippen molar-refractivity contribution in [2.45, 2.75) is 6.54 Å². The van der Waals surface area contributed by atoms with Crippen LogP contribution in [0, 0.1) is 0 Å². The SMILES string of the molecule is O=C(CBr)NCc1ccc(Cl)s1. The molecule has 0 bridgehead atoms. The number of thiophene rings is 1. The van der Waals surface area contributed by atoms with E-state index in [0.717, 1.165) is 9.21 Å². The second-order valence-corrected chi connectivity index (χ2v) is 4.48. The summed E-state index contributed by atoms with van der Waals surface area (Å²) in [5, 5.41) is 3.07. The molecule has 1 heterocycles. The number of carbonyl (C=O) groups excluding carboxylic acids is 1. The van der Waals surface area contributed by atoms with E-state index in [1.807, 2.05) is 12.1 Å². The highest BCUT2D eigenvalue weighted by Crippen LogP contribution is 2.20. The predicted octanol–water partition coefficient (Wildman–Crippen LogP) is 2.41. The fourth-order valence-electron chi connectivity index (χ4n) is 0.680. The Morgan fingerprint density at radius 2 is 2.42 bits per heavy atom. The molecule has 0 saturated carbocycles. The van der Waals surface area contributed by atoms with Gasteiger partial charge in [-0.25, -0.2) is 0 Å². The summed E-state index contributed by atoms with van der Waals surface area (Å²) < 4.78 is 0.748. The van der Waals surface area contributed by atoms with Crippen molar-refractivity contribution in [3.63, 3.8) is 0 Å². The van der Waals surface area contributed by atoms with Crippen LogP contribution in [0.15, 0.2) is 12.1 Å². The van der Waals surface area contributed by atoms with Crippen molar-refractivity contribution in [3.05, 3.63) is 21.3 Å². The summed E-state index contributed by atoms with van der Waals surface area (Å²) in [5.74, 6) is -0.0143. The number of hydrogen-bond acceptors (Lipinski definition) is 2. The largest absolute Gasteiger partial charge is 0.350 e. The Balaban J connectivity index is 2.38. The zero-order chi connectivity index (χ0) is 8.97. The molecule has 0 aliphatic carbocycles. The maximum atomic E-state index is 10.8. The predicted molar refractivity (Wildman–Crippen MR) is 55.0 cm³/mol. The van der Waals surface area contributed by atoms with E-state index in [2.05, 4.69) is 21.2 Å². The van der Waals surface area contributed by atoms with E-state index in [9.17, 15) is 4.79 Å². The van der Waals surface area contributed by atoms with Crippen LogP contribution in [0.3, 0.4) is 0 Å². The third kappa shape index (κ3) is 3.13. The molecular weight excluding hydrogens is 262 g/mol. The lowest BCUT2D eigenvalue weighted by atomic mass is 10.4. The minimum atomic E-state index is -0.0143. The molecule has 0 spiro atoms. The fraction of sp³-hybridized carbons (Fsp3) is 0.286. The number of halogens is 2. The van der Waals surface area contributed by atoms with Gasteiger partial charge < -0.3 is 5.32 Å². The fourth-order valence-corrected chi connectivity index (χ4v) is 1.91. The van der Waals surface area contributed by atoms with E-state index in [4.69, 9.17) is 11.6 Å². The number of carbonyl (C=O) groups is 1. The van der Waals surface area contributed by atoms with Crippen molar-refractivity contribution in [2.75, 3.05) is 5.33 Å². The van der Waals surface area contributed by atoms with Crippen molar-refractivity contribution in [2.24, 2.45) is 0 Å². The smallest absolute Gasteiger partial charge is 0.230 e. The first-order chi connectivity index (χ1) is 5.72. The second-order valence-electron chi connectivity index (χ2n) is 2.12. The highest BCUT2D eigenvalue weighted by Gasteiger charge is 2.00. The van der Waals surface area contributed by atoms with Crippen molar-refractivity contribution in [3.8, 4) is 0 Å². The molecule has 1 aromatic rings. The van der Waals surface area contributed by atoms with Crippen LogP contribution >= 0.6 is 38.9 Å². The van der Waals surface area contributed by atoms with Crippen LogP contribution in [-0.4, -0.2) is 11.2 Å². The average Bonchev–Trinajstić information content (AvgIpc) is 2.47. The van der Waals surface area contributed by atoms with Gasteiger partial charge in [-0.05, 0) is 12.1 Å². The molecule has 0 aliphatic heterocycles. The summed E-state index contributed by atoms with van der Waals surface area (Å²) in [6.45, 7) is 0.557. The van der Waals surface area contributed by atoms with Crippen LogP contribution in [0.2, 0.25) is 4.34 Å². The monoisotopic (exact) mass is 267 g/mol. The zero-order valence-electron chi connectivity index (χ0n) is 6.14. The number of rotatable bonds is 3. The molecule has 5 heteroatoms. The molecule has 0 radical (unpaired) electrons. The summed E-state index contributed by atoms with van der Waals surface area (Å²) in [5.41, 5.74) is 0. The van der Waals surface area contributed by atoms with Gasteiger partial charge in [-0.15, -0.1) is 11.3 Å². The molecule has 0 fully saturated rings. The summed E-state index contributed by atoms with van der Waals surface area (Å²) in [6, 6.07) is 3.73. The van der Waals surface area contributed by atoms with Crippen molar-refractivity contribution < 1.29 is 4.79 Å². The molecule has 0 saturated heterocycles. The first-order valence-corrected chi connectivity index (χ1v) is 5.61. The molecule has 0 unspecified atom stereocenters. The Morgan fingerprint density at radius 1 is 1.67 bits per heavy atom. The van der Waals surface area contributed by atoms with E-state index in [1.54, 1.807) is 0 Å². The molecule has 0 atom stereocenters. The molecule has 0 aromatic carbocycles. The summed E-state index contributed by atoms with van der Waals surface area (Å²) in [6.07, 6.45) is 0. The van der Waals surface area contributed by atoms with Crippen LogP contribution in [0.25, 0.3) is 0 Å². The number of nitrogens with one attached hydrogen (secondary N) is 1. The lowest BCUT2D eigenvalue weighted by Gasteiger charge is -1.98. The van der Waals surface area contributed by atoms with Crippen LogP contribution < -0.4 is 5.32 Å². The molecule has 12 heavy (non-hydrogen) atoms. The van der Waals surface area contributed by atoms with Gasteiger partial charge in [0.15, 0.2) is 0 Å². The third-order valence-corrected chi connectivity index (χ3v) is 2.95. The van der Waals surface area contributed by atoms with E-state index >= 15 is 0 Å². The van der Waals surface area contributed by atoms with Gasteiger partial charge in [0.1, 0.15) is 0 Å². The quantitative estimate of drug-likeness (QED) is 0.838. The highest BCUT2D eigenvalue weighted by molar-refractivity contribution is 9.09. The lowest BCUT2D eigenvalue weighted by molar-refractivity contribution is -0.118. The Morgan fingerprint density at radius 3 is 2.92 bits per heavy atom. The maximum absolute atomic E-state index is 10.8. The average molecular weight is 269 g/mol. The Labute approximate surface area is 88.0 Å². The van der Waals surface area contributed by atoms with E-state index in [1.165, 1.54) is 11.3 Å². The molecule has 1 aromatic heterocycles.